The monoisotopic (exact) mass is 961 g/mol. The molecule has 1 aromatic carbocycles. The van der Waals surface area contributed by atoms with Crippen molar-refractivity contribution in [3.63, 3.8) is 0 Å². The third-order valence-corrected chi connectivity index (χ3v) is 13.0. The molecular weight excluding hydrogens is 873 g/mol. The summed E-state index contributed by atoms with van der Waals surface area (Å²) in [6.07, 6.45) is 0.984. The second-order valence-corrected chi connectivity index (χ2v) is 20.2. The van der Waals surface area contributed by atoms with E-state index in [0.717, 1.165) is 5.56 Å². The van der Waals surface area contributed by atoms with Crippen molar-refractivity contribution in [2.75, 3.05) is 75.3 Å². The molecule has 388 valence electrons. The molecule has 9 atom stereocenters. The van der Waals surface area contributed by atoms with E-state index in [4.69, 9.17) is 23.7 Å². The molecule has 0 saturated carbocycles. The average Bonchev–Trinajstić information content (AvgIpc) is 3.77. The maximum absolute atomic E-state index is 14.6. The topological polar surface area (TPSA) is 186 Å². The Balaban J connectivity index is 2.22. The molecule has 1 aliphatic rings. The van der Waals surface area contributed by atoms with Crippen molar-refractivity contribution in [2.24, 2.45) is 23.7 Å². The summed E-state index contributed by atoms with van der Waals surface area (Å²) in [7, 11) is 9.59. The Morgan fingerprint density at radius 2 is 1.49 bits per heavy atom. The molecule has 0 radical (unpaired) electrons. The first kappa shape index (κ1) is 59.8. The summed E-state index contributed by atoms with van der Waals surface area (Å²) >= 11 is 0. The molecule has 17 nitrogen and oxygen atoms in total. The lowest BCUT2D eigenvalue weighted by Gasteiger charge is -2.41. The highest BCUT2D eigenvalue weighted by Crippen LogP contribution is 2.30. The molecule has 0 spiro atoms. The first-order chi connectivity index (χ1) is 31.9. The van der Waals surface area contributed by atoms with Crippen molar-refractivity contribution in [3.05, 3.63) is 35.9 Å². The fourth-order valence-electron chi connectivity index (χ4n) is 8.81. The molecule has 1 unspecified atom stereocenters. The molecular formula is C51H88N6O11. The summed E-state index contributed by atoms with van der Waals surface area (Å²) in [6, 6.07) is 6.10. The first-order valence-electron chi connectivity index (χ1n) is 24.5. The number of benzene rings is 1. The second-order valence-electron chi connectivity index (χ2n) is 20.2. The van der Waals surface area contributed by atoms with E-state index in [9.17, 15) is 28.8 Å². The van der Waals surface area contributed by atoms with Crippen LogP contribution < -0.4 is 10.6 Å². The number of hydrogen-bond acceptors (Lipinski definition) is 12. The van der Waals surface area contributed by atoms with E-state index in [-0.39, 0.29) is 48.3 Å². The first-order valence-corrected chi connectivity index (χ1v) is 24.5. The smallest absolute Gasteiger partial charge is 0.410 e. The second kappa shape index (κ2) is 29.0. The van der Waals surface area contributed by atoms with E-state index < -0.39 is 71.9 Å². The van der Waals surface area contributed by atoms with Crippen LogP contribution in [0.5, 0.6) is 0 Å². The van der Waals surface area contributed by atoms with Crippen molar-refractivity contribution >= 4 is 35.7 Å². The number of ether oxygens (including phenoxy) is 5. The number of hydrogen-bond donors (Lipinski definition) is 2. The number of amides is 5. The number of carbonyl (C=O) groups excluding carboxylic acids is 6. The minimum atomic E-state index is -0.911. The molecule has 17 heteroatoms. The van der Waals surface area contributed by atoms with Gasteiger partial charge < -0.3 is 49.0 Å². The fraction of sp³-hybridized carbons (Fsp3) is 0.765. The highest BCUT2D eigenvalue weighted by molar-refractivity contribution is 5.90. The zero-order valence-electron chi connectivity index (χ0n) is 44.3. The van der Waals surface area contributed by atoms with Crippen molar-refractivity contribution in [1.29, 1.82) is 0 Å². The van der Waals surface area contributed by atoms with E-state index >= 15 is 0 Å². The number of likely N-dealkylation sites (N-methyl/N-ethyl adjacent to an activating group) is 3. The van der Waals surface area contributed by atoms with E-state index in [0.29, 0.717) is 58.5 Å². The summed E-state index contributed by atoms with van der Waals surface area (Å²) in [5.74, 6) is -2.59. The largest absolute Gasteiger partial charge is 0.467 e. The Bertz CT molecular complexity index is 1730. The van der Waals surface area contributed by atoms with Crippen LogP contribution in [-0.4, -0.2) is 179 Å². The highest BCUT2D eigenvalue weighted by atomic mass is 16.6. The van der Waals surface area contributed by atoms with Crippen LogP contribution in [0.3, 0.4) is 0 Å². The van der Waals surface area contributed by atoms with Gasteiger partial charge in [0, 0.05) is 54.4 Å². The summed E-state index contributed by atoms with van der Waals surface area (Å²) in [5, 5.41) is 5.97. The van der Waals surface area contributed by atoms with Gasteiger partial charge in [-0.2, -0.15) is 0 Å². The molecule has 2 rings (SSSR count). The van der Waals surface area contributed by atoms with Gasteiger partial charge in [-0.25, -0.2) is 9.59 Å². The number of nitrogens with one attached hydrogen (secondary N) is 2. The van der Waals surface area contributed by atoms with Crippen molar-refractivity contribution < 1.29 is 52.5 Å². The van der Waals surface area contributed by atoms with Gasteiger partial charge in [0.1, 0.15) is 17.7 Å². The van der Waals surface area contributed by atoms with Gasteiger partial charge in [0.15, 0.2) is 0 Å². The number of carbonyl (C=O) groups is 6. The van der Waals surface area contributed by atoms with Crippen LogP contribution in [0.2, 0.25) is 0 Å². The van der Waals surface area contributed by atoms with Gasteiger partial charge in [0.05, 0.1) is 63.0 Å². The Morgan fingerprint density at radius 3 is 2.03 bits per heavy atom. The molecule has 1 fully saturated rings. The Kier molecular flexibility index (Phi) is 25.5. The lowest BCUT2D eigenvalue weighted by molar-refractivity contribution is -0.149. The molecule has 0 aromatic heterocycles. The molecule has 1 heterocycles. The number of likely N-dealkylation sites (tertiary alicyclic amines) is 1. The molecule has 0 bridgehead atoms. The maximum Gasteiger partial charge on any atom is 0.410 e. The summed E-state index contributed by atoms with van der Waals surface area (Å²) in [6.45, 7) is 21.0. The standard InChI is InChI=1S/C51H88N6O11/c1-17-35(6)44(56(13)48(61)43(34(4)5)53-47(60)40(30-33(2)3)54(11)26-28-67-29-27-55(12)50(63)68-51(8,9)10)41(64-14)32-42(58)57-25-21-24-39(57)45(65-15)36(7)46(59)52-38(49(62)66-16)31-37-22-19-18-20-23-37/h18-20,22-23,33-36,38-41,43-45H,17,21,24-32H2,1-16H3,(H,52,59)(H,53,60)/t35-,36+,38-,39-,40-,41+,43?,44-,45+/m0/s1. The lowest BCUT2D eigenvalue weighted by atomic mass is 9.89. The van der Waals surface area contributed by atoms with Crippen LogP contribution in [0.4, 0.5) is 4.79 Å². The van der Waals surface area contributed by atoms with Gasteiger partial charge in [0.2, 0.25) is 23.6 Å². The minimum Gasteiger partial charge on any atom is -0.467 e. The fourth-order valence-corrected chi connectivity index (χ4v) is 8.81. The Hall–Kier alpha value is -4.32. The predicted octanol–water partition coefficient (Wildman–Crippen LogP) is 5.18. The number of rotatable bonds is 28. The van der Waals surface area contributed by atoms with Crippen molar-refractivity contribution in [3.8, 4) is 0 Å². The van der Waals surface area contributed by atoms with Crippen LogP contribution in [0.15, 0.2) is 30.3 Å². The maximum atomic E-state index is 14.6. The van der Waals surface area contributed by atoms with Crippen LogP contribution in [0.25, 0.3) is 0 Å². The molecule has 2 N–H and O–H groups in total. The normalized spacial score (nSPS) is 17.7. The average molecular weight is 961 g/mol. The molecule has 1 saturated heterocycles. The van der Waals surface area contributed by atoms with Gasteiger partial charge in [0.25, 0.3) is 0 Å². The van der Waals surface area contributed by atoms with Crippen LogP contribution in [0.1, 0.15) is 107 Å². The zero-order chi connectivity index (χ0) is 51.5. The Labute approximate surface area is 408 Å². The SMILES string of the molecule is CC[C@H](C)[C@@H]([C@@H](CC(=O)N1CCC[C@H]1[C@H](OC)[C@@H](C)C(=O)N[C@@H](Cc1ccccc1)C(=O)OC)OC)N(C)C(=O)C(NC(=O)[C@H](CC(C)C)N(C)CCOCCN(C)C(=O)OC(C)(C)C)C(C)C. The lowest BCUT2D eigenvalue weighted by Crippen LogP contribution is -2.59. The third kappa shape index (κ3) is 18.5. The molecule has 1 aromatic rings. The van der Waals surface area contributed by atoms with Gasteiger partial charge in [-0.05, 0) is 70.4 Å². The van der Waals surface area contributed by atoms with Crippen molar-refractivity contribution in [2.45, 2.75) is 156 Å². The quantitative estimate of drug-likeness (QED) is 0.0831. The molecule has 68 heavy (non-hydrogen) atoms. The molecule has 5 amide bonds. The van der Waals surface area contributed by atoms with Crippen molar-refractivity contribution in [1.82, 2.24) is 30.2 Å². The predicted molar refractivity (Wildman–Crippen MR) is 263 cm³/mol. The van der Waals surface area contributed by atoms with Gasteiger partial charge in [-0.1, -0.05) is 85.2 Å². The van der Waals surface area contributed by atoms with E-state index in [2.05, 4.69) is 10.6 Å². The van der Waals surface area contributed by atoms with Crippen LogP contribution in [-0.2, 0) is 54.1 Å². The van der Waals surface area contributed by atoms with E-state index in [1.807, 2.05) is 105 Å². The highest BCUT2D eigenvalue weighted by Gasteiger charge is 2.43. The Morgan fingerprint density at radius 1 is 0.853 bits per heavy atom. The molecule has 1 aliphatic heterocycles. The van der Waals surface area contributed by atoms with Gasteiger partial charge >= 0.3 is 12.1 Å². The van der Waals surface area contributed by atoms with Gasteiger partial charge in [-0.3, -0.25) is 24.1 Å². The van der Waals surface area contributed by atoms with Gasteiger partial charge in [-0.15, -0.1) is 0 Å². The number of nitrogens with zero attached hydrogens (tertiary/aromatic N) is 4. The van der Waals surface area contributed by atoms with Crippen LogP contribution >= 0.6 is 0 Å². The summed E-state index contributed by atoms with van der Waals surface area (Å²) < 4.78 is 28.3. The summed E-state index contributed by atoms with van der Waals surface area (Å²) in [4.78, 5) is 88.9. The number of esters is 1. The zero-order valence-corrected chi connectivity index (χ0v) is 44.3. The van der Waals surface area contributed by atoms with E-state index in [1.165, 1.54) is 19.1 Å². The number of methoxy groups -OCH3 is 3. The minimum absolute atomic E-state index is 0.0303. The molecule has 0 aliphatic carbocycles. The van der Waals surface area contributed by atoms with Crippen LogP contribution in [0, 0.1) is 23.7 Å². The third-order valence-electron chi connectivity index (χ3n) is 13.0. The van der Waals surface area contributed by atoms with E-state index in [1.54, 1.807) is 37.9 Å². The summed E-state index contributed by atoms with van der Waals surface area (Å²) in [5.41, 5.74) is 0.267.